The molecule has 0 unspecified atom stereocenters. The molecule has 0 spiro atoms. The maximum atomic E-state index is 13.2. The zero-order valence-corrected chi connectivity index (χ0v) is 15.9. The third kappa shape index (κ3) is 4.77. The lowest BCUT2D eigenvalue weighted by molar-refractivity contribution is -0.0504. The van der Waals surface area contributed by atoms with Crippen molar-refractivity contribution in [3.8, 4) is 11.4 Å². The van der Waals surface area contributed by atoms with Gasteiger partial charge in [-0.1, -0.05) is 32.0 Å². The Balaban J connectivity index is 1.82. The molecule has 3 aromatic rings. The summed E-state index contributed by atoms with van der Waals surface area (Å²) < 4.78 is 44.4. The second kappa shape index (κ2) is 8.81. The first kappa shape index (κ1) is 20.4. The summed E-state index contributed by atoms with van der Waals surface area (Å²) in [5.41, 5.74) is 2.07. The summed E-state index contributed by atoms with van der Waals surface area (Å²) in [6.45, 7) is 0.897. The van der Waals surface area contributed by atoms with Gasteiger partial charge in [0, 0.05) is 12.1 Å². The van der Waals surface area contributed by atoms with E-state index in [1.54, 1.807) is 35.0 Å². The van der Waals surface area contributed by atoms with Crippen LogP contribution in [0.25, 0.3) is 5.69 Å². The minimum atomic E-state index is -2.95. The van der Waals surface area contributed by atoms with Crippen molar-refractivity contribution >= 4 is 5.91 Å². The van der Waals surface area contributed by atoms with Gasteiger partial charge in [0.2, 0.25) is 0 Å². The topological polar surface area (TPSA) is 56.1 Å². The quantitative estimate of drug-likeness (QED) is 0.624. The van der Waals surface area contributed by atoms with Gasteiger partial charge in [-0.15, -0.1) is 0 Å². The van der Waals surface area contributed by atoms with E-state index in [2.05, 4.69) is 15.2 Å². The molecule has 0 saturated heterocycles. The van der Waals surface area contributed by atoms with Crippen molar-refractivity contribution in [2.75, 3.05) is 0 Å². The molecule has 0 atom stereocenters. The molecule has 2 aromatic carbocycles. The summed E-state index contributed by atoms with van der Waals surface area (Å²) >= 11 is 0. The molecule has 1 N–H and O–H groups in total. The van der Waals surface area contributed by atoms with Gasteiger partial charge in [-0.25, -0.2) is 9.07 Å². The molecule has 29 heavy (non-hydrogen) atoms. The zero-order chi connectivity index (χ0) is 21.0. The number of nitrogens with zero attached hydrogens (tertiary/aromatic N) is 2. The van der Waals surface area contributed by atoms with Crippen LogP contribution in [0.5, 0.6) is 5.75 Å². The van der Waals surface area contributed by atoms with Gasteiger partial charge in [0.25, 0.3) is 5.91 Å². The molecule has 1 heterocycles. The van der Waals surface area contributed by atoms with Crippen LogP contribution in [0.3, 0.4) is 0 Å². The highest BCUT2D eigenvalue weighted by Gasteiger charge is 2.21. The molecule has 0 bridgehead atoms. The Morgan fingerprint density at radius 3 is 2.48 bits per heavy atom. The van der Waals surface area contributed by atoms with Crippen LogP contribution in [0.2, 0.25) is 0 Å². The van der Waals surface area contributed by atoms with E-state index in [-0.39, 0.29) is 24.0 Å². The number of hydrogen-bond donors (Lipinski definition) is 1. The van der Waals surface area contributed by atoms with Crippen LogP contribution in [-0.4, -0.2) is 22.3 Å². The van der Waals surface area contributed by atoms with Gasteiger partial charge in [-0.3, -0.25) is 4.79 Å². The Kier molecular flexibility index (Phi) is 6.21. The van der Waals surface area contributed by atoms with Crippen LogP contribution in [0.1, 0.15) is 41.4 Å². The number of nitrogens with one attached hydrogen (secondary N) is 1. The summed E-state index contributed by atoms with van der Waals surface area (Å²) in [6.07, 6.45) is 1.44. The average Bonchev–Trinajstić information content (AvgIpc) is 3.13. The van der Waals surface area contributed by atoms with Gasteiger partial charge in [0.1, 0.15) is 11.6 Å². The molecule has 0 fully saturated rings. The van der Waals surface area contributed by atoms with Crippen LogP contribution < -0.4 is 10.1 Å². The van der Waals surface area contributed by atoms with Gasteiger partial charge >= 0.3 is 6.61 Å². The minimum Gasteiger partial charge on any atom is -0.434 e. The summed E-state index contributed by atoms with van der Waals surface area (Å²) in [5, 5.41) is 7.00. The maximum absolute atomic E-state index is 13.2. The number of ether oxygens (including phenoxy) is 1. The van der Waals surface area contributed by atoms with Crippen LogP contribution in [0, 0.1) is 5.82 Å². The Morgan fingerprint density at radius 1 is 1.14 bits per heavy atom. The number of amides is 1. The first-order valence-electron chi connectivity index (χ1n) is 9.01. The predicted molar refractivity (Wildman–Crippen MR) is 102 cm³/mol. The highest BCUT2D eigenvalue weighted by atomic mass is 19.3. The van der Waals surface area contributed by atoms with E-state index in [1.165, 1.54) is 24.4 Å². The van der Waals surface area contributed by atoms with Crippen molar-refractivity contribution in [2.45, 2.75) is 32.9 Å². The van der Waals surface area contributed by atoms with Gasteiger partial charge < -0.3 is 10.1 Å². The van der Waals surface area contributed by atoms with E-state index in [1.807, 2.05) is 13.8 Å². The summed E-state index contributed by atoms with van der Waals surface area (Å²) in [5.74, 6) is -0.796. The van der Waals surface area contributed by atoms with Crippen LogP contribution in [0.4, 0.5) is 13.2 Å². The standard InChI is InChI=1S/C21H20F3N3O2/c1-13(2)19-17(12-26-27(19)16-9-7-15(22)8-10-16)20(28)25-11-14-5-3-4-6-18(14)29-21(23)24/h3-10,12-13,21H,11H2,1-2H3,(H,25,28). The lowest BCUT2D eigenvalue weighted by atomic mass is 10.0. The first-order chi connectivity index (χ1) is 13.9. The van der Waals surface area contributed by atoms with Crippen molar-refractivity contribution in [1.29, 1.82) is 0 Å². The molecule has 3 rings (SSSR count). The van der Waals surface area contributed by atoms with Gasteiger partial charge in [-0.2, -0.15) is 13.9 Å². The average molecular weight is 403 g/mol. The van der Waals surface area contributed by atoms with E-state index in [0.717, 1.165) is 0 Å². The number of aromatic nitrogens is 2. The molecule has 5 nitrogen and oxygen atoms in total. The third-order valence-electron chi connectivity index (χ3n) is 4.30. The maximum Gasteiger partial charge on any atom is 0.387 e. The van der Waals surface area contributed by atoms with E-state index in [4.69, 9.17) is 0 Å². The largest absolute Gasteiger partial charge is 0.434 e. The SMILES string of the molecule is CC(C)c1c(C(=O)NCc2ccccc2OC(F)F)cnn1-c1ccc(F)cc1. The summed E-state index contributed by atoms with van der Waals surface area (Å²) in [6, 6.07) is 12.1. The molecule has 152 valence electrons. The van der Waals surface area contributed by atoms with Crippen LogP contribution >= 0.6 is 0 Å². The molecular weight excluding hydrogens is 383 g/mol. The Morgan fingerprint density at radius 2 is 1.83 bits per heavy atom. The number of hydrogen-bond acceptors (Lipinski definition) is 3. The second-order valence-electron chi connectivity index (χ2n) is 6.66. The molecule has 0 radical (unpaired) electrons. The summed E-state index contributed by atoms with van der Waals surface area (Å²) in [7, 11) is 0. The van der Waals surface area contributed by atoms with Crippen molar-refractivity contribution in [2.24, 2.45) is 0 Å². The van der Waals surface area contributed by atoms with Gasteiger partial charge in [-0.05, 0) is 36.2 Å². The van der Waals surface area contributed by atoms with Crippen LogP contribution in [-0.2, 0) is 6.54 Å². The number of carbonyl (C=O) groups is 1. The van der Waals surface area contributed by atoms with Crippen LogP contribution in [0.15, 0.2) is 54.7 Å². The molecule has 8 heteroatoms. The molecular formula is C21H20F3N3O2. The molecule has 1 amide bonds. The minimum absolute atomic E-state index is 0.00823. The Bertz CT molecular complexity index is 985. The summed E-state index contributed by atoms with van der Waals surface area (Å²) in [4.78, 5) is 12.8. The molecule has 0 aliphatic carbocycles. The predicted octanol–water partition coefficient (Wildman–Crippen LogP) is 4.67. The molecule has 1 aromatic heterocycles. The fourth-order valence-electron chi connectivity index (χ4n) is 3.01. The van der Waals surface area contributed by atoms with Crippen molar-refractivity contribution in [3.05, 3.63) is 77.4 Å². The lowest BCUT2D eigenvalue weighted by Gasteiger charge is -2.14. The van der Waals surface area contributed by atoms with E-state index >= 15 is 0 Å². The fourth-order valence-corrected chi connectivity index (χ4v) is 3.01. The highest BCUT2D eigenvalue weighted by molar-refractivity contribution is 5.95. The highest BCUT2D eigenvalue weighted by Crippen LogP contribution is 2.24. The number of halogens is 3. The van der Waals surface area contributed by atoms with Crippen molar-refractivity contribution in [3.63, 3.8) is 0 Å². The lowest BCUT2D eigenvalue weighted by Crippen LogP contribution is -2.24. The van der Waals surface area contributed by atoms with Gasteiger partial charge in [0.15, 0.2) is 0 Å². The number of alkyl halides is 2. The fraction of sp³-hybridized carbons (Fsp3) is 0.238. The Hall–Kier alpha value is -3.29. The number of para-hydroxylation sites is 1. The number of benzene rings is 2. The Labute approximate surface area is 166 Å². The van der Waals surface area contributed by atoms with Crippen molar-refractivity contribution in [1.82, 2.24) is 15.1 Å². The molecule has 0 saturated carbocycles. The molecule has 0 aliphatic heterocycles. The number of carbonyl (C=O) groups excluding carboxylic acids is 1. The monoisotopic (exact) mass is 403 g/mol. The van der Waals surface area contributed by atoms with Gasteiger partial charge in [0.05, 0.1) is 23.1 Å². The van der Waals surface area contributed by atoms with E-state index in [0.29, 0.717) is 22.5 Å². The third-order valence-corrected chi connectivity index (χ3v) is 4.30. The first-order valence-corrected chi connectivity index (χ1v) is 9.01. The second-order valence-corrected chi connectivity index (χ2v) is 6.66. The number of rotatable bonds is 7. The zero-order valence-electron chi connectivity index (χ0n) is 15.9. The molecule has 0 aliphatic rings. The van der Waals surface area contributed by atoms with E-state index in [9.17, 15) is 18.0 Å². The normalized spacial score (nSPS) is 11.1. The smallest absolute Gasteiger partial charge is 0.387 e. The van der Waals surface area contributed by atoms with E-state index < -0.39 is 12.5 Å². The van der Waals surface area contributed by atoms with Crippen molar-refractivity contribution < 1.29 is 22.7 Å².